The summed E-state index contributed by atoms with van der Waals surface area (Å²) in [6, 6.07) is 9.06. The van der Waals surface area contributed by atoms with E-state index in [9.17, 15) is 26.4 Å². The third-order valence-corrected chi connectivity index (χ3v) is 7.15. The number of ether oxygens (including phenoxy) is 2. The Labute approximate surface area is 189 Å². The largest absolute Gasteiger partial charge is 0.497 e. The van der Waals surface area contributed by atoms with Gasteiger partial charge in [-0.2, -0.15) is 17.5 Å². The number of nitrogens with one attached hydrogen (secondary N) is 1. The Hall–Kier alpha value is -2.83. The fourth-order valence-electron chi connectivity index (χ4n) is 3.50. The molecule has 12 heteroatoms. The molecule has 2 aromatic rings. The van der Waals surface area contributed by atoms with Gasteiger partial charge in [0.05, 0.1) is 36.9 Å². The van der Waals surface area contributed by atoms with Crippen molar-refractivity contribution in [2.75, 3.05) is 52.3 Å². The number of amides is 1. The second-order valence-corrected chi connectivity index (χ2v) is 9.19. The first-order chi connectivity index (χ1) is 15.6. The molecular formula is C21H24F3N3O5S. The van der Waals surface area contributed by atoms with Crippen LogP contribution in [-0.2, 0) is 21.0 Å². The number of carbonyl (C=O) groups excluding carboxylic acids is 1. The lowest BCUT2D eigenvalue weighted by atomic mass is 10.2. The first-order valence-electron chi connectivity index (χ1n) is 9.97. The van der Waals surface area contributed by atoms with Crippen LogP contribution in [0.3, 0.4) is 0 Å². The third kappa shape index (κ3) is 5.75. The van der Waals surface area contributed by atoms with Crippen molar-refractivity contribution in [1.29, 1.82) is 0 Å². The van der Waals surface area contributed by atoms with Crippen molar-refractivity contribution < 1.29 is 35.9 Å². The second kappa shape index (κ2) is 9.98. The predicted octanol–water partition coefficient (Wildman–Crippen LogP) is 2.67. The van der Waals surface area contributed by atoms with Gasteiger partial charge in [0.25, 0.3) is 0 Å². The lowest BCUT2D eigenvalue weighted by Gasteiger charge is -2.34. The average Bonchev–Trinajstić information content (AvgIpc) is 2.78. The molecule has 180 valence electrons. The highest BCUT2D eigenvalue weighted by Crippen LogP contribution is 2.35. The Kier molecular flexibility index (Phi) is 7.50. The SMILES string of the molecule is COc1ccc(OC)c(NC(=O)CN2CCN(S(=O)(=O)c3ccccc3C(F)(F)F)CC2)c1. The van der Waals surface area contributed by atoms with Gasteiger partial charge in [-0.05, 0) is 24.3 Å². The van der Waals surface area contributed by atoms with Crippen LogP contribution in [0.2, 0.25) is 0 Å². The van der Waals surface area contributed by atoms with Gasteiger partial charge in [-0.1, -0.05) is 12.1 Å². The Bertz CT molecular complexity index is 1100. The monoisotopic (exact) mass is 487 g/mol. The minimum absolute atomic E-state index is 0.0204. The summed E-state index contributed by atoms with van der Waals surface area (Å²) < 4.78 is 76.9. The van der Waals surface area contributed by atoms with E-state index in [2.05, 4.69) is 5.32 Å². The van der Waals surface area contributed by atoms with Gasteiger partial charge in [-0.15, -0.1) is 0 Å². The fraction of sp³-hybridized carbons (Fsp3) is 0.381. The second-order valence-electron chi connectivity index (χ2n) is 7.29. The molecule has 1 amide bonds. The molecule has 1 N–H and O–H groups in total. The van der Waals surface area contributed by atoms with E-state index < -0.39 is 26.7 Å². The Morgan fingerprint density at radius 3 is 2.30 bits per heavy atom. The van der Waals surface area contributed by atoms with Gasteiger partial charge < -0.3 is 14.8 Å². The molecule has 1 saturated heterocycles. The van der Waals surface area contributed by atoms with Crippen molar-refractivity contribution in [1.82, 2.24) is 9.21 Å². The standard InChI is InChI=1S/C21H24F3N3O5S/c1-31-15-7-8-18(32-2)17(13-15)25-20(28)14-26-9-11-27(12-10-26)33(29,30)19-6-4-3-5-16(19)21(22,23)24/h3-8,13H,9-12,14H2,1-2H3,(H,25,28). The Morgan fingerprint density at radius 2 is 1.70 bits per heavy atom. The summed E-state index contributed by atoms with van der Waals surface area (Å²) in [6.45, 7) is 0.286. The molecule has 0 atom stereocenters. The minimum atomic E-state index is -4.79. The number of methoxy groups -OCH3 is 2. The molecule has 0 bridgehead atoms. The zero-order valence-corrected chi connectivity index (χ0v) is 18.9. The van der Waals surface area contributed by atoms with Crippen molar-refractivity contribution in [3.05, 3.63) is 48.0 Å². The fourth-order valence-corrected chi connectivity index (χ4v) is 5.13. The van der Waals surface area contributed by atoms with E-state index >= 15 is 0 Å². The van der Waals surface area contributed by atoms with Crippen LogP contribution in [0.15, 0.2) is 47.4 Å². The number of piperazine rings is 1. The lowest BCUT2D eigenvalue weighted by molar-refractivity contribution is -0.140. The van der Waals surface area contributed by atoms with Gasteiger partial charge in [0.2, 0.25) is 15.9 Å². The molecule has 8 nitrogen and oxygen atoms in total. The number of carbonyl (C=O) groups is 1. The summed E-state index contributed by atoms with van der Waals surface area (Å²) in [6.07, 6.45) is -4.79. The first-order valence-corrected chi connectivity index (χ1v) is 11.4. The predicted molar refractivity (Wildman–Crippen MR) is 115 cm³/mol. The normalized spacial score (nSPS) is 15.8. The van der Waals surface area contributed by atoms with Crippen molar-refractivity contribution in [3.8, 4) is 11.5 Å². The molecule has 0 radical (unpaired) electrons. The summed E-state index contributed by atoms with van der Waals surface area (Å²) in [5.74, 6) is 0.632. The number of benzene rings is 2. The minimum Gasteiger partial charge on any atom is -0.497 e. The summed E-state index contributed by atoms with van der Waals surface area (Å²) in [7, 11) is -1.38. The van der Waals surface area contributed by atoms with E-state index in [-0.39, 0.29) is 38.6 Å². The maximum absolute atomic E-state index is 13.3. The number of hydrogen-bond acceptors (Lipinski definition) is 6. The smallest absolute Gasteiger partial charge is 0.417 e. The van der Waals surface area contributed by atoms with E-state index in [1.165, 1.54) is 20.3 Å². The van der Waals surface area contributed by atoms with Crippen LogP contribution in [-0.4, -0.2) is 70.5 Å². The summed E-state index contributed by atoms with van der Waals surface area (Å²) in [5, 5.41) is 2.73. The quantitative estimate of drug-likeness (QED) is 0.646. The van der Waals surface area contributed by atoms with Gasteiger partial charge in [0.1, 0.15) is 11.5 Å². The number of nitrogens with zero attached hydrogens (tertiary/aromatic N) is 2. The zero-order valence-electron chi connectivity index (χ0n) is 18.1. The zero-order chi connectivity index (χ0) is 24.2. The summed E-state index contributed by atoms with van der Waals surface area (Å²) in [5.41, 5.74) is -0.772. The van der Waals surface area contributed by atoms with Gasteiger partial charge in [-0.3, -0.25) is 9.69 Å². The molecule has 1 heterocycles. The molecule has 1 aliphatic heterocycles. The van der Waals surface area contributed by atoms with Crippen LogP contribution < -0.4 is 14.8 Å². The third-order valence-electron chi connectivity index (χ3n) is 5.19. The molecular weight excluding hydrogens is 463 g/mol. The van der Waals surface area contributed by atoms with Crippen molar-refractivity contribution in [3.63, 3.8) is 0 Å². The van der Waals surface area contributed by atoms with E-state index in [1.807, 2.05) is 0 Å². The lowest BCUT2D eigenvalue weighted by Crippen LogP contribution is -2.50. The molecule has 33 heavy (non-hydrogen) atoms. The van der Waals surface area contributed by atoms with Crippen LogP contribution in [0, 0.1) is 0 Å². The molecule has 2 aromatic carbocycles. The average molecular weight is 488 g/mol. The van der Waals surface area contributed by atoms with Crippen LogP contribution in [0.1, 0.15) is 5.56 Å². The molecule has 0 unspecified atom stereocenters. The number of alkyl halides is 3. The number of rotatable bonds is 7. The number of halogens is 3. The highest BCUT2D eigenvalue weighted by atomic mass is 32.2. The van der Waals surface area contributed by atoms with Crippen molar-refractivity contribution in [2.45, 2.75) is 11.1 Å². The molecule has 0 saturated carbocycles. The van der Waals surface area contributed by atoms with Gasteiger partial charge in [-0.25, -0.2) is 8.42 Å². The van der Waals surface area contributed by atoms with Crippen LogP contribution >= 0.6 is 0 Å². The first kappa shape index (κ1) is 24.8. The van der Waals surface area contributed by atoms with Crippen LogP contribution in [0.25, 0.3) is 0 Å². The summed E-state index contributed by atoms with van der Waals surface area (Å²) >= 11 is 0. The van der Waals surface area contributed by atoms with Crippen molar-refractivity contribution >= 4 is 21.6 Å². The Morgan fingerprint density at radius 1 is 1.03 bits per heavy atom. The number of hydrogen-bond donors (Lipinski definition) is 1. The van der Waals surface area contributed by atoms with Crippen LogP contribution in [0.5, 0.6) is 11.5 Å². The van der Waals surface area contributed by atoms with E-state index in [0.717, 1.165) is 22.5 Å². The van der Waals surface area contributed by atoms with Crippen LogP contribution in [0.4, 0.5) is 18.9 Å². The molecule has 1 aliphatic rings. The molecule has 1 fully saturated rings. The topological polar surface area (TPSA) is 88.2 Å². The number of sulfonamides is 1. The highest BCUT2D eigenvalue weighted by Gasteiger charge is 2.39. The molecule has 3 rings (SSSR count). The maximum Gasteiger partial charge on any atom is 0.417 e. The molecule has 0 spiro atoms. The van der Waals surface area contributed by atoms with Gasteiger partial charge in [0, 0.05) is 32.2 Å². The summed E-state index contributed by atoms with van der Waals surface area (Å²) in [4.78, 5) is 13.5. The van der Waals surface area contributed by atoms with E-state index in [1.54, 1.807) is 23.1 Å². The van der Waals surface area contributed by atoms with E-state index in [4.69, 9.17) is 9.47 Å². The van der Waals surface area contributed by atoms with Crippen molar-refractivity contribution in [2.24, 2.45) is 0 Å². The Balaban J connectivity index is 1.63. The molecule has 0 aliphatic carbocycles. The van der Waals surface area contributed by atoms with E-state index in [0.29, 0.717) is 17.2 Å². The highest BCUT2D eigenvalue weighted by molar-refractivity contribution is 7.89. The van der Waals surface area contributed by atoms with Gasteiger partial charge in [0.15, 0.2) is 0 Å². The van der Waals surface area contributed by atoms with Gasteiger partial charge >= 0.3 is 6.18 Å². The molecule has 0 aromatic heterocycles. The number of anilines is 1. The maximum atomic E-state index is 13.3.